The number of hydrogen-bond acceptors (Lipinski definition) is 20. The number of carboxylic acids is 3. The lowest BCUT2D eigenvalue weighted by Crippen LogP contribution is -2.55. The zero-order valence-corrected chi connectivity index (χ0v) is 53.6. The molecule has 0 bridgehead atoms. The van der Waals surface area contributed by atoms with E-state index in [4.69, 9.17) is 28.8 Å². The lowest BCUT2D eigenvalue weighted by Gasteiger charge is -2.43. The lowest BCUT2D eigenvalue weighted by atomic mass is 9.93. The van der Waals surface area contributed by atoms with E-state index in [0.717, 1.165) is 41.9 Å². The number of hydrogen-bond donors (Lipinski definition) is 7. The van der Waals surface area contributed by atoms with Gasteiger partial charge in [-0.3, -0.25) is 43.6 Å². The van der Waals surface area contributed by atoms with Crippen molar-refractivity contribution in [2.24, 2.45) is 5.92 Å². The first-order valence-electron chi connectivity index (χ1n) is 31.1. The number of rotatable bonds is 35. The van der Waals surface area contributed by atoms with Crippen molar-refractivity contribution in [2.75, 3.05) is 182 Å². The molecule has 0 spiro atoms. The molecule has 0 radical (unpaired) electrons. The summed E-state index contributed by atoms with van der Waals surface area (Å²) in [6.45, 7) is 22.8. The minimum atomic E-state index is -4.80. The highest BCUT2D eigenvalue weighted by Gasteiger charge is 2.40. The summed E-state index contributed by atoms with van der Waals surface area (Å²) in [6, 6.07) is 12.6. The Morgan fingerprint density at radius 3 is 1.79 bits per heavy atom. The van der Waals surface area contributed by atoms with Gasteiger partial charge in [0.2, 0.25) is 17.7 Å². The number of carbonyl (C=O) groups excluding carboxylic acids is 2. The van der Waals surface area contributed by atoms with Crippen LogP contribution in [0.4, 0.5) is 18.9 Å². The number of aromatic nitrogens is 2. The maximum atomic E-state index is 14.0. The Bertz CT molecular complexity index is 2610. The second-order valence-corrected chi connectivity index (χ2v) is 22.9. The standard InChI is InChI=1S/C38H53F3N6O3.C24H45N5O11/c1-8-29-25-46(36(48)31-14-16-33(49-9-2)45-34(31)38(39,40)41)20-21-47(29)32-15-13-27(30-12-11-17-43-35(30)50-10-3)22-28(32)24-42-18-19-44-37(6,7)23-26(4)5;30-10-12-39-14-16-40-15-13-38-11-1-25-21(31)17-26-2-4-27(18-22(32)33)6-8-29(20-24(36)37)9-7-28(5-3-26)19-23(34)35/h11-17,22,26,29,42,44H,8-10,18-21,23-25H2,1-7H3;30H,1-20H2,(H,25,31)(H,32,33)(H,34,35)(H,36,37). The molecule has 3 aromatic rings. The molecule has 2 amide bonds. The molecular weight excluding hydrogens is 1180 g/mol. The van der Waals surface area contributed by atoms with E-state index in [0.29, 0.717) is 130 Å². The molecule has 2 fully saturated rings. The quantitative estimate of drug-likeness (QED) is 0.0412. The van der Waals surface area contributed by atoms with Gasteiger partial charge in [-0.05, 0) is 87.9 Å². The fraction of sp³-hybridized carbons (Fsp3) is 0.661. The molecule has 1 unspecified atom stereocenters. The third kappa shape index (κ3) is 28.4. The molecule has 0 aliphatic carbocycles. The van der Waals surface area contributed by atoms with Gasteiger partial charge in [-0.25, -0.2) is 9.97 Å². The molecule has 0 saturated carbocycles. The number of aliphatic hydroxyl groups is 1. The maximum Gasteiger partial charge on any atom is 0.434 e. The highest BCUT2D eigenvalue weighted by molar-refractivity contribution is 5.96. The minimum Gasteiger partial charge on any atom is -0.480 e. The van der Waals surface area contributed by atoms with E-state index in [1.807, 2.05) is 30.9 Å². The Morgan fingerprint density at radius 2 is 1.26 bits per heavy atom. The minimum absolute atomic E-state index is 0.0324. The second kappa shape index (κ2) is 40.5. The van der Waals surface area contributed by atoms with Crippen LogP contribution in [0.3, 0.4) is 0 Å². The van der Waals surface area contributed by atoms with Gasteiger partial charge in [0.1, 0.15) is 0 Å². The van der Waals surface area contributed by atoms with Crippen molar-refractivity contribution in [1.29, 1.82) is 0 Å². The molecule has 28 heteroatoms. The van der Waals surface area contributed by atoms with Gasteiger partial charge in [0.25, 0.3) is 5.91 Å². The van der Waals surface area contributed by atoms with E-state index in [-0.39, 0.29) is 82.5 Å². The predicted molar refractivity (Wildman–Crippen MR) is 333 cm³/mol. The molecule has 2 saturated heterocycles. The molecule has 2 aliphatic rings. The van der Waals surface area contributed by atoms with E-state index in [2.05, 4.69) is 76.7 Å². The van der Waals surface area contributed by atoms with Gasteiger partial charge in [-0.15, -0.1) is 0 Å². The van der Waals surface area contributed by atoms with Gasteiger partial charge >= 0.3 is 24.1 Å². The first-order chi connectivity index (χ1) is 43.0. The van der Waals surface area contributed by atoms with Crippen molar-refractivity contribution in [3.05, 3.63) is 65.5 Å². The fourth-order valence-electron chi connectivity index (χ4n) is 10.7. The van der Waals surface area contributed by atoms with Crippen LogP contribution in [0.5, 0.6) is 11.8 Å². The molecule has 2 aliphatic heterocycles. The Morgan fingerprint density at radius 1 is 0.689 bits per heavy atom. The van der Waals surface area contributed by atoms with E-state index >= 15 is 0 Å². The Balaban J connectivity index is 0.000000395. The summed E-state index contributed by atoms with van der Waals surface area (Å²) < 4.78 is 68.9. The number of piperazine rings is 1. The van der Waals surface area contributed by atoms with Crippen molar-refractivity contribution < 1.29 is 81.3 Å². The molecular formula is C62H98F3N11O14. The molecule has 25 nitrogen and oxygen atoms in total. The summed E-state index contributed by atoms with van der Waals surface area (Å²) in [5.74, 6) is -2.95. The smallest absolute Gasteiger partial charge is 0.434 e. The molecule has 5 rings (SSSR count). The average Bonchev–Trinajstić information content (AvgIpc) is 0.809. The summed E-state index contributed by atoms with van der Waals surface area (Å²) in [5, 5.41) is 46.5. The van der Waals surface area contributed by atoms with E-state index in [1.54, 1.807) is 27.8 Å². The van der Waals surface area contributed by atoms with Crippen LogP contribution in [-0.4, -0.2) is 273 Å². The van der Waals surface area contributed by atoms with Crippen molar-refractivity contribution in [1.82, 2.24) is 50.4 Å². The van der Waals surface area contributed by atoms with Crippen molar-refractivity contribution >= 4 is 35.4 Å². The van der Waals surface area contributed by atoms with Crippen molar-refractivity contribution in [3.8, 4) is 22.9 Å². The number of nitrogens with zero attached hydrogens (tertiary/aromatic N) is 8. The summed E-state index contributed by atoms with van der Waals surface area (Å²) in [4.78, 5) is 79.0. The molecule has 1 atom stereocenters. The number of halogens is 3. The van der Waals surface area contributed by atoms with Crippen LogP contribution in [0.1, 0.15) is 82.9 Å². The van der Waals surface area contributed by atoms with Gasteiger partial charge in [0.05, 0.1) is 91.2 Å². The van der Waals surface area contributed by atoms with Crippen LogP contribution in [-0.2, 0) is 46.1 Å². The van der Waals surface area contributed by atoms with Crippen molar-refractivity contribution in [2.45, 2.75) is 85.6 Å². The van der Waals surface area contributed by atoms with Gasteiger partial charge in [0.15, 0.2) is 5.69 Å². The van der Waals surface area contributed by atoms with Crippen LogP contribution in [0.2, 0.25) is 0 Å². The van der Waals surface area contributed by atoms with E-state index in [9.17, 15) is 52.5 Å². The Kier molecular flexibility index (Phi) is 34.3. The summed E-state index contributed by atoms with van der Waals surface area (Å²) in [6.07, 6.45) is -1.32. The first kappa shape index (κ1) is 76.1. The predicted octanol–water partition coefficient (Wildman–Crippen LogP) is 3.82. The summed E-state index contributed by atoms with van der Waals surface area (Å²) >= 11 is 0. The number of amides is 2. The van der Waals surface area contributed by atoms with Crippen LogP contribution in [0.15, 0.2) is 48.7 Å². The van der Waals surface area contributed by atoms with Gasteiger partial charge in [0, 0.05) is 133 Å². The van der Waals surface area contributed by atoms with Crippen molar-refractivity contribution in [3.63, 3.8) is 0 Å². The first-order valence-corrected chi connectivity index (χ1v) is 31.1. The number of aliphatic carboxylic acids is 3. The molecule has 90 heavy (non-hydrogen) atoms. The SMILES string of the molecule is CCOc1ccc(C(=O)N2CCN(c3ccc(-c4cccnc4OCC)cc3CNCCNC(C)(C)CC(C)C)C(CC)C2)c(C(F)(F)F)n1.O=C(O)CN1CCN(CC(=O)O)CCN(CC(=O)NCCOCCOCCOCCO)CCN(CC(=O)O)CC1. The number of nitrogens with one attached hydrogen (secondary N) is 3. The third-order valence-corrected chi connectivity index (χ3v) is 14.7. The molecule has 506 valence electrons. The number of alkyl halides is 3. The summed E-state index contributed by atoms with van der Waals surface area (Å²) in [5.41, 5.74) is 2.30. The van der Waals surface area contributed by atoms with Crippen LogP contribution >= 0.6 is 0 Å². The third-order valence-electron chi connectivity index (χ3n) is 14.7. The molecule has 2 aromatic heterocycles. The second-order valence-electron chi connectivity index (χ2n) is 22.9. The fourth-order valence-corrected chi connectivity index (χ4v) is 10.7. The zero-order chi connectivity index (χ0) is 66.1. The monoisotopic (exact) mass is 1280 g/mol. The molecule has 7 N–H and O–H groups in total. The Hall–Kier alpha value is -6.34. The number of aliphatic hydroxyl groups excluding tert-OH is 1. The van der Waals surface area contributed by atoms with Gasteiger partial charge in [-0.2, -0.15) is 13.2 Å². The largest absolute Gasteiger partial charge is 0.480 e. The number of anilines is 1. The maximum absolute atomic E-state index is 14.0. The molecule has 4 heterocycles. The lowest BCUT2D eigenvalue weighted by molar-refractivity contribution is -0.142. The topological polar surface area (TPSA) is 294 Å². The number of carbonyl (C=O) groups is 5. The molecule has 1 aromatic carbocycles. The van der Waals surface area contributed by atoms with Gasteiger partial charge < -0.3 is 69.9 Å². The number of carboxylic acid groups (broad SMARTS) is 3. The normalized spacial score (nSPS) is 16.2. The highest BCUT2D eigenvalue weighted by atomic mass is 19.4. The average molecular weight is 1280 g/mol. The van der Waals surface area contributed by atoms with Crippen LogP contribution in [0.25, 0.3) is 11.1 Å². The van der Waals surface area contributed by atoms with Crippen LogP contribution < -0.4 is 30.3 Å². The highest BCUT2D eigenvalue weighted by Crippen LogP contribution is 2.36. The summed E-state index contributed by atoms with van der Waals surface area (Å²) in [7, 11) is 0. The van der Waals surface area contributed by atoms with Gasteiger partial charge in [-0.1, -0.05) is 26.8 Å². The number of benzene rings is 1. The Labute approximate surface area is 527 Å². The number of pyridine rings is 2. The van der Waals surface area contributed by atoms with E-state index in [1.165, 1.54) is 17.0 Å². The number of ether oxygens (including phenoxy) is 5. The van der Waals surface area contributed by atoms with Crippen LogP contribution in [0, 0.1) is 5.92 Å². The zero-order valence-electron chi connectivity index (χ0n) is 53.6. The van der Waals surface area contributed by atoms with E-state index < -0.39 is 41.2 Å².